The van der Waals surface area contributed by atoms with Crippen LogP contribution in [0.25, 0.3) is 10.9 Å². The van der Waals surface area contributed by atoms with Crippen LogP contribution in [0.1, 0.15) is 5.69 Å². The molecule has 0 aliphatic carbocycles. The summed E-state index contributed by atoms with van der Waals surface area (Å²) in [4.78, 5) is 3.34. The first-order chi connectivity index (χ1) is 8.88. The summed E-state index contributed by atoms with van der Waals surface area (Å²) >= 11 is 0. The molecule has 0 amide bonds. The van der Waals surface area contributed by atoms with E-state index in [1.807, 2.05) is 0 Å². The van der Waals surface area contributed by atoms with E-state index in [0.717, 1.165) is 12.1 Å². The van der Waals surface area contributed by atoms with Gasteiger partial charge in [-0.05, 0) is 18.2 Å². The molecule has 2 rings (SSSR count). The summed E-state index contributed by atoms with van der Waals surface area (Å²) in [5.41, 5.74) is -1.43. The zero-order valence-corrected chi connectivity index (χ0v) is 10.1. The van der Waals surface area contributed by atoms with Crippen LogP contribution in [-0.4, -0.2) is 19.1 Å². The second-order valence-corrected chi connectivity index (χ2v) is 3.78. The number of halogens is 4. The highest BCUT2D eigenvalue weighted by atomic mass is 19.4. The maximum Gasteiger partial charge on any atom is 0.433 e. The summed E-state index contributed by atoms with van der Waals surface area (Å²) < 4.78 is 56.8. The molecule has 7 heteroatoms. The number of alkyl halides is 3. The number of ether oxygens (including phenoxy) is 1. The fraction of sp³-hybridized carbons (Fsp3) is 0.250. The van der Waals surface area contributed by atoms with E-state index in [0.29, 0.717) is 0 Å². The molecule has 1 aromatic carbocycles. The molecule has 0 radical (unpaired) electrons. The summed E-state index contributed by atoms with van der Waals surface area (Å²) in [6, 6.07) is 3.19. The van der Waals surface area contributed by atoms with Crippen molar-refractivity contribution < 1.29 is 22.3 Å². The second kappa shape index (κ2) is 4.56. The largest absolute Gasteiger partial charge is 0.496 e. The zero-order valence-electron chi connectivity index (χ0n) is 10.1. The van der Waals surface area contributed by atoms with Crippen molar-refractivity contribution in [3.05, 3.63) is 29.7 Å². The molecule has 0 aliphatic heterocycles. The van der Waals surface area contributed by atoms with Crippen LogP contribution in [0.4, 0.5) is 23.2 Å². The van der Waals surface area contributed by atoms with Crippen molar-refractivity contribution in [2.75, 3.05) is 19.5 Å². The maximum atomic E-state index is 13.7. The molecule has 0 unspecified atom stereocenters. The van der Waals surface area contributed by atoms with Crippen LogP contribution >= 0.6 is 0 Å². The third-order valence-corrected chi connectivity index (χ3v) is 2.65. The van der Waals surface area contributed by atoms with Gasteiger partial charge in [0, 0.05) is 12.7 Å². The molecule has 1 N–H and O–H groups in total. The minimum Gasteiger partial charge on any atom is -0.496 e. The minimum atomic E-state index is -4.64. The molecular weight excluding hydrogens is 264 g/mol. The quantitative estimate of drug-likeness (QED) is 0.852. The first-order valence-electron chi connectivity index (χ1n) is 5.30. The lowest BCUT2D eigenvalue weighted by Gasteiger charge is -2.14. The van der Waals surface area contributed by atoms with Crippen molar-refractivity contribution >= 4 is 16.6 Å². The predicted molar refractivity (Wildman–Crippen MR) is 62.8 cm³/mol. The van der Waals surface area contributed by atoms with Crippen LogP contribution in [0.3, 0.4) is 0 Å². The fourth-order valence-electron chi connectivity index (χ4n) is 1.79. The Kier molecular flexibility index (Phi) is 3.21. The number of pyridine rings is 1. The average molecular weight is 274 g/mol. The van der Waals surface area contributed by atoms with Gasteiger partial charge in [0.1, 0.15) is 22.8 Å². The van der Waals surface area contributed by atoms with E-state index in [1.54, 1.807) is 0 Å². The van der Waals surface area contributed by atoms with Crippen LogP contribution in [0.15, 0.2) is 18.2 Å². The molecule has 102 valence electrons. The van der Waals surface area contributed by atoms with Gasteiger partial charge in [0.25, 0.3) is 0 Å². The molecule has 2 aromatic rings. The van der Waals surface area contributed by atoms with Gasteiger partial charge in [0.15, 0.2) is 0 Å². The highest BCUT2D eigenvalue weighted by molar-refractivity contribution is 5.97. The molecule has 0 saturated heterocycles. The van der Waals surface area contributed by atoms with Crippen molar-refractivity contribution in [1.82, 2.24) is 4.98 Å². The minimum absolute atomic E-state index is 0.105. The van der Waals surface area contributed by atoms with Crippen molar-refractivity contribution in [2.24, 2.45) is 0 Å². The van der Waals surface area contributed by atoms with Gasteiger partial charge in [-0.1, -0.05) is 0 Å². The molecule has 0 saturated carbocycles. The molecule has 0 bridgehead atoms. The van der Waals surface area contributed by atoms with Crippen LogP contribution in [0.5, 0.6) is 5.75 Å². The summed E-state index contributed by atoms with van der Waals surface area (Å²) in [7, 11) is 2.79. The Morgan fingerprint density at radius 3 is 2.47 bits per heavy atom. The Labute approximate surface area is 106 Å². The van der Waals surface area contributed by atoms with Gasteiger partial charge in [0.05, 0.1) is 12.5 Å². The molecular formula is C12H10F4N2O. The third kappa shape index (κ3) is 2.27. The van der Waals surface area contributed by atoms with Gasteiger partial charge in [-0.2, -0.15) is 13.2 Å². The number of methoxy groups -OCH3 is 1. The zero-order chi connectivity index (χ0) is 14.2. The molecule has 1 aromatic heterocycles. The molecule has 1 heterocycles. The van der Waals surface area contributed by atoms with Crippen molar-refractivity contribution in [1.29, 1.82) is 0 Å². The standard InChI is InChI=1S/C12H10F4N2O/c1-17-7-5-9(12(14,15)16)18-11-6(13)3-4-8(19-2)10(7)11/h3-5H,1-2H3,(H,17,18). The Morgan fingerprint density at radius 2 is 1.95 bits per heavy atom. The maximum absolute atomic E-state index is 13.7. The fourth-order valence-corrected chi connectivity index (χ4v) is 1.79. The summed E-state index contributed by atoms with van der Waals surface area (Å²) in [5, 5.41) is 2.78. The highest BCUT2D eigenvalue weighted by Crippen LogP contribution is 2.37. The van der Waals surface area contributed by atoms with Gasteiger partial charge < -0.3 is 10.1 Å². The molecule has 19 heavy (non-hydrogen) atoms. The summed E-state index contributed by atoms with van der Waals surface area (Å²) in [6.45, 7) is 0. The van der Waals surface area contributed by atoms with Gasteiger partial charge in [-0.25, -0.2) is 9.37 Å². The van der Waals surface area contributed by atoms with Crippen LogP contribution in [0, 0.1) is 5.82 Å². The lowest BCUT2D eigenvalue weighted by molar-refractivity contribution is -0.140. The number of hydrogen-bond acceptors (Lipinski definition) is 3. The number of anilines is 1. The third-order valence-electron chi connectivity index (χ3n) is 2.65. The van der Waals surface area contributed by atoms with E-state index < -0.39 is 17.7 Å². The Hall–Kier alpha value is -2.05. The van der Waals surface area contributed by atoms with E-state index in [-0.39, 0.29) is 22.3 Å². The number of nitrogens with one attached hydrogen (secondary N) is 1. The Bertz CT molecular complexity index is 625. The lowest BCUT2D eigenvalue weighted by Crippen LogP contribution is -2.10. The Morgan fingerprint density at radius 1 is 1.26 bits per heavy atom. The van der Waals surface area contributed by atoms with E-state index >= 15 is 0 Å². The molecule has 3 nitrogen and oxygen atoms in total. The summed E-state index contributed by atoms with van der Waals surface area (Å²) in [6.07, 6.45) is -4.64. The number of fused-ring (bicyclic) bond motifs is 1. The SMILES string of the molecule is CNc1cc(C(F)(F)F)nc2c(F)ccc(OC)c12. The van der Waals surface area contributed by atoms with Gasteiger partial charge in [-0.3, -0.25) is 0 Å². The normalized spacial score (nSPS) is 11.7. The number of rotatable bonds is 2. The van der Waals surface area contributed by atoms with Crippen LogP contribution in [-0.2, 0) is 6.18 Å². The van der Waals surface area contributed by atoms with E-state index in [1.165, 1.54) is 20.2 Å². The molecule has 0 aliphatic rings. The van der Waals surface area contributed by atoms with Crippen LogP contribution in [0.2, 0.25) is 0 Å². The number of hydrogen-bond donors (Lipinski definition) is 1. The molecule has 0 fully saturated rings. The van der Waals surface area contributed by atoms with Crippen molar-refractivity contribution in [3.63, 3.8) is 0 Å². The second-order valence-electron chi connectivity index (χ2n) is 3.78. The number of aromatic nitrogens is 1. The monoisotopic (exact) mass is 274 g/mol. The smallest absolute Gasteiger partial charge is 0.433 e. The number of nitrogens with zero attached hydrogens (tertiary/aromatic N) is 1. The van der Waals surface area contributed by atoms with Crippen molar-refractivity contribution in [2.45, 2.75) is 6.18 Å². The van der Waals surface area contributed by atoms with E-state index in [4.69, 9.17) is 4.74 Å². The van der Waals surface area contributed by atoms with E-state index in [2.05, 4.69) is 10.3 Å². The topological polar surface area (TPSA) is 34.2 Å². The lowest BCUT2D eigenvalue weighted by atomic mass is 10.1. The highest BCUT2D eigenvalue weighted by Gasteiger charge is 2.34. The predicted octanol–water partition coefficient (Wildman–Crippen LogP) is 3.44. The first kappa shape index (κ1) is 13.4. The summed E-state index contributed by atoms with van der Waals surface area (Å²) in [5.74, 6) is -0.583. The van der Waals surface area contributed by atoms with Gasteiger partial charge in [-0.15, -0.1) is 0 Å². The Balaban J connectivity index is 2.88. The van der Waals surface area contributed by atoms with Crippen molar-refractivity contribution in [3.8, 4) is 5.75 Å². The molecule has 0 atom stereocenters. The van der Waals surface area contributed by atoms with E-state index in [9.17, 15) is 17.6 Å². The van der Waals surface area contributed by atoms with Gasteiger partial charge >= 0.3 is 6.18 Å². The molecule has 0 spiro atoms. The van der Waals surface area contributed by atoms with Crippen LogP contribution < -0.4 is 10.1 Å². The van der Waals surface area contributed by atoms with Gasteiger partial charge in [0.2, 0.25) is 0 Å². The first-order valence-corrected chi connectivity index (χ1v) is 5.30. The average Bonchev–Trinajstić information content (AvgIpc) is 2.37. The number of benzene rings is 1.